The van der Waals surface area contributed by atoms with Crippen LogP contribution in [-0.2, 0) is 9.53 Å². The van der Waals surface area contributed by atoms with Crippen molar-refractivity contribution >= 4 is 11.5 Å². The second-order valence-corrected chi connectivity index (χ2v) is 6.06. The topological polar surface area (TPSA) is 41.9 Å². The van der Waals surface area contributed by atoms with E-state index in [0.717, 1.165) is 17.0 Å². The van der Waals surface area contributed by atoms with Crippen molar-refractivity contribution in [2.75, 3.05) is 14.2 Å². The maximum atomic E-state index is 11.4. The Bertz CT molecular complexity index is 618. The smallest absolute Gasteiger partial charge is 0.157 e. The van der Waals surface area contributed by atoms with Gasteiger partial charge < -0.3 is 4.74 Å². The third kappa shape index (κ3) is 13.4. The van der Waals surface area contributed by atoms with Gasteiger partial charge in [0.1, 0.15) is 0 Å². The summed E-state index contributed by atoms with van der Waals surface area (Å²) in [4.78, 5) is 11.4. The van der Waals surface area contributed by atoms with E-state index in [1.807, 2.05) is 69.5 Å². The zero-order chi connectivity index (χ0) is 21.2. The molecule has 0 atom stereocenters. The summed E-state index contributed by atoms with van der Waals surface area (Å²) >= 11 is 0. The molecule has 1 aliphatic rings. The number of methoxy groups -OCH3 is 1. The fraction of sp³-hybridized carbons (Fsp3) is 0.391. The summed E-state index contributed by atoms with van der Waals surface area (Å²) in [5, 5.41) is 6.29. The molecule has 0 aliphatic carbocycles. The van der Waals surface area contributed by atoms with E-state index in [1.54, 1.807) is 32.2 Å². The Morgan fingerprint density at radius 3 is 2.19 bits per heavy atom. The molecule has 0 aromatic carbocycles. The Morgan fingerprint density at radius 2 is 1.74 bits per heavy atom. The van der Waals surface area contributed by atoms with Crippen molar-refractivity contribution in [3.05, 3.63) is 72.7 Å². The van der Waals surface area contributed by atoms with Gasteiger partial charge in [-0.15, -0.1) is 0 Å². The first-order valence-corrected chi connectivity index (χ1v) is 8.98. The highest BCUT2D eigenvalue weighted by molar-refractivity contribution is 5.94. The maximum absolute atomic E-state index is 11.4. The highest BCUT2D eigenvalue weighted by Crippen LogP contribution is 2.18. The normalized spacial score (nSPS) is 15.4. The van der Waals surface area contributed by atoms with Gasteiger partial charge in [0.25, 0.3) is 0 Å². The number of allylic oxidation sites excluding steroid dienone is 9. The average molecular weight is 373 g/mol. The number of rotatable bonds is 5. The van der Waals surface area contributed by atoms with E-state index >= 15 is 0 Å². The van der Waals surface area contributed by atoms with Crippen LogP contribution in [0.1, 0.15) is 41.5 Å². The average Bonchev–Trinajstić information content (AvgIpc) is 2.63. The Hall–Kier alpha value is -2.46. The molecule has 1 aliphatic heterocycles. The van der Waals surface area contributed by atoms with Crippen LogP contribution >= 0.6 is 0 Å². The van der Waals surface area contributed by atoms with Gasteiger partial charge in [0.2, 0.25) is 0 Å². The van der Waals surface area contributed by atoms with Crippen molar-refractivity contribution in [2.24, 2.45) is 11.0 Å². The van der Waals surface area contributed by atoms with Gasteiger partial charge >= 0.3 is 0 Å². The SMILES string of the molecule is C=C/C=C\C=C/C.CC(=O)/C(C)=C1\C=CC=CN1/N=C(\C)C(C)C.COC. The van der Waals surface area contributed by atoms with Crippen LogP contribution < -0.4 is 0 Å². The number of ketones is 1. The van der Waals surface area contributed by atoms with Crippen molar-refractivity contribution < 1.29 is 9.53 Å². The molecule has 0 aromatic rings. The highest BCUT2D eigenvalue weighted by atomic mass is 16.4. The van der Waals surface area contributed by atoms with E-state index in [0.29, 0.717) is 5.92 Å². The van der Waals surface area contributed by atoms with E-state index in [9.17, 15) is 4.79 Å². The van der Waals surface area contributed by atoms with E-state index in [2.05, 4.69) is 30.3 Å². The highest BCUT2D eigenvalue weighted by Gasteiger charge is 2.12. The molecule has 150 valence electrons. The lowest BCUT2D eigenvalue weighted by Crippen LogP contribution is -2.17. The minimum atomic E-state index is 0.0716. The number of Topliss-reactive ketones (excluding diaryl/α,β-unsaturated/α-hetero) is 1. The van der Waals surface area contributed by atoms with E-state index in [-0.39, 0.29) is 5.78 Å². The third-order valence-electron chi connectivity index (χ3n) is 3.40. The molecule has 0 saturated carbocycles. The molecule has 1 heterocycles. The number of hydrogen-bond acceptors (Lipinski definition) is 4. The molecule has 0 unspecified atom stereocenters. The van der Waals surface area contributed by atoms with Gasteiger partial charge in [0.05, 0.1) is 5.70 Å². The summed E-state index contributed by atoms with van der Waals surface area (Å²) < 4.78 is 4.25. The molecule has 1 rings (SSSR count). The molecule has 0 radical (unpaired) electrons. The minimum absolute atomic E-state index is 0.0716. The molecule has 0 bridgehead atoms. The fourth-order valence-corrected chi connectivity index (χ4v) is 1.54. The molecule has 0 amide bonds. The van der Waals surface area contributed by atoms with E-state index < -0.39 is 0 Å². The molecule has 0 aromatic heterocycles. The molecule has 4 heteroatoms. The lowest BCUT2D eigenvalue weighted by atomic mass is 10.1. The maximum Gasteiger partial charge on any atom is 0.157 e. The first-order valence-electron chi connectivity index (χ1n) is 8.98. The Morgan fingerprint density at radius 1 is 1.15 bits per heavy atom. The van der Waals surface area contributed by atoms with Gasteiger partial charge in [-0.25, -0.2) is 5.01 Å². The first kappa shape index (κ1) is 26.8. The fourth-order valence-electron chi connectivity index (χ4n) is 1.54. The van der Waals surface area contributed by atoms with Crippen LogP contribution in [0.2, 0.25) is 0 Å². The Balaban J connectivity index is 0. The molecule has 0 fully saturated rings. The molecule has 0 spiro atoms. The van der Waals surface area contributed by atoms with E-state index in [4.69, 9.17) is 0 Å². The Kier molecular flexibility index (Phi) is 16.8. The predicted octanol–water partition coefficient (Wildman–Crippen LogP) is 5.83. The zero-order valence-electron chi connectivity index (χ0n) is 18.2. The molecule has 0 N–H and O–H groups in total. The number of hydrazone groups is 1. The van der Waals surface area contributed by atoms with Gasteiger partial charge in [-0.2, -0.15) is 5.10 Å². The van der Waals surface area contributed by atoms with Gasteiger partial charge in [-0.1, -0.05) is 56.9 Å². The summed E-state index contributed by atoms with van der Waals surface area (Å²) in [6, 6.07) is 0. The van der Waals surface area contributed by atoms with Crippen LogP contribution in [0.4, 0.5) is 0 Å². The summed E-state index contributed by atoms with van der Waals surface area (Å²) in [7, 11) is 3.25. The summed E-state index contributed by atoms with van der Waals surface area (Å²) in [6.07, 6.45) is 17.1. The third-order valence-corrected chi connectivity index (χ3v) is 3.40. The molecule has 0 saturated heterocycles. The van der Waals surface area contributed by atoms with Crippen molar-refractivity contribution in [3.63, 3.8) is 0 Å². The quantitative estimate of drug-likeness (QED) is 0.346. The van der Waals surface area contributed by atoms with Crippen LogP contribution in [0, 0.1) is 5.92 Å². The largest absolute Gasteiger partial charge is 0.388 e. The summed E-state index contributed by atoms with van der Waals surface area (Å²) in [6.45, 7) is 15.1. The standard InChI is InChI=1S/C14H20N2O.C7H10.C2H6O/c1-10(2)12(4)15-16-9-7-6-8-14(16)11(3)13(5)17;1-3-5-7-6-4-2;1-3-2/h6-10H,1-5H3;3-7H,1H2,2H3;1-2H3/b14-11+,15-12+;6-4-,7-5-;. The number of carbonyl (C=O) groups excluding carboxylic acids is 1. The number of nitrogens with zero attached hydrogens (tertiary/aromatic N) is 2. The number of carbonyl (C=O) groups is 1. The van der Waals surface area contributed by atoms with Gasteiger partial charge in [0.15, 0.2) is 5.78 Å². The molecular formula is C23H36N2O2. The van der Waals surface area contributed by atoms with Gasteiger partial charge in [-0.05, 0) is 45.8 Å². The Labute approximate surface area is 166 Å². The zero-order valence-corrected chi connectivity index (χ0v) is 18.2. The summed E-state index contributed by atoms with van der Waals surface area (Å²) in [5.74, 6) is 0.468. The number of hydrogen-bond donors (Lipinski definition) is 0. The van der Waals surface area contributed by atoms with Crippen molar-refractivity contribution in [1.29, 1.82) is 0 Å². The minimum Gasteiger partial charge on any atom is -0.388 e. The van der Waals surface area contributed by atoms with Gasteiger partial charge in [-0.3, -0.25) is 4.79 Å². The van der Waals surface area contributed by atoms with Crippen molar-refractivity contribution in [3.8, 4) is 0 Å². The number of ether oxygens (including phenoxy) is 1. The first-order chi connectivity index (χ1) is 12.8. The van der Waals surface area contributed by atoms with Crippen LogP contribution in [0.3, 0.4) is 0 Å². The summed E-state index contributed by atoms with van der Waals surface area (Å²) in [5.41, 5.74) is 2.62. The molecule has 4 nitrogen and oxygen atoms in total. The predicted molar refractivity (Wildman–Crippen MR) is 119 cm³/mol. The second-order valence-electron chi connectivity index (χ2n) is 6.06. The molecular weight excluding hydrogens is 336 g/mol. The lowest BCUT2D eigenvalue weighted by Gasteiger charge is -2.21. The lowest BCUT2D eigenvalue weighted by molar-refractivity contribution is -0.113. The van der Waals surface area contributed by atoms with Crippen LogP contribution in [-0.4, -0.2) is 30.7 Å². The van der Waals surface area contributed by atoms with Crippen LogP contribution in [0.15, 0.2) is 77.8 Å². The monoisotopic (exact) mass is 372 g/mol. The van der Waals surface area contributed by atoms with Crippen molar-refractivity contribution in [2.45, 2.75) is 41.5 Å². The van der Waals surface area contributed by atoms with E-state index in [1.165, 1.54) is 0 Å². The second kappa shape index (κ2) is 17.0. The van der Waals surface area contributed by atoms with Crippen molar-refractivity contribution in [1.82, 2.24) is 5.01 Å². The van der Waals surface area contributed by atoms with Crippen LogP contribution in [0.5, 0.6) is 0 Å². The molecule has 27 heavy (non-hydrogen) atoms. The van der Waals surface area contributed by atoms with Crippen LogP contribution in [0.25, 0.3) is 0 Å². The van der Waals surface area contributed by atoms with Gasteiger partial charge in [0, 0.05) is 31.7 Å².